The fourth-order valence-corrected chi connectivity index (χ4v) is 4.68. The molecular weight excluding hydrogens is 408 g/mol. The molecule has 1 atom stereocenters. The van der Waals surface area contributed by atoms with E-state index in [2.05, 4.69) is 21.7 Å². The molecule has 0 N–H and O–H groups in total. The minimum atomic E-state index is -1.63. The Labute approximate surface area is 175 Å². The molecule has 7 nitrogen and oxygen atoms in total. The Morgan fingerprint density at radius 2 is 2.07 bits per heavy atom. The maximum absolute atomic E-state index is 13.4. The quantitative estimate of drug-likeness (QED) is 0.531. The van der Waals surface area contributed by atoms with Crippen molar-refractivity contribution in [2.45, 2.75) is 25.8 Å². The minimum Gasteiger partial charge on any atom is -0.464 e. The van der Waals surface area contributed by atoms with E-state index in [1.807, 2.05) is 34.8 Å². The van der Waals surface area contributed by atoms with Crippen molar-refractivity contribution in [1.29, 1.82) is 0 Å². The topological polar surface area (TPSA) is 75.6 Å². The van der Waals surface area contributed by atoms with Crippen LogP contribution in [-0.2, 0) is 4.74 Å². The van der Waals surface area contributed by atoms with Crippen LogP contribution in [0.1, 0.15) is 50.4 Å². The van der Waals surface area contributed by atoms with Gasteiger partial charge in [0.25, 0.3) is 5.91 Å². The molecule has 3 rings (SSSR count). The summed E-state index contributed by atoms with van der Waals surface area (Å²) in [6.45, 7) is 2.60. The predicted molar refractivity (Wildman–Crippen MR) is 122 cm³/mol. The number of rotatable bonds is 5. The number of ether oxygens (including phenoxy) is 1. The summed E-state index contributed by atoms with van der Waals surface area (Å²) < 4.78 is 6.64. The molecule has 1 aliphatic heterocycles. The first-order valence-electron chi connectivity index (χ1n) is 9.13. The summed E-state index contributed by atoms with van der Waals surface area (Å²) in [4.78, 5) is 36.3. The molecule has 0 radical (unpaired) electrons. The Morgan fingerprint density at radius 3 is 2.66 bits per heavy atom. The number of nitrogens with zero attached hydrogens (tertiary/aromatic N) is 4. The minimum absolute atomic E-state index is 0.0475. The third kappa shape index (κ3) is 4.45. The van der Waals surface area contributed by atoms with Gasteiger partial charge in [0.15, 0.2) is 5.69 Å². The number of amides is 1. The molecule has 1 aliphatic rings. The Kier molecular flexibility index (Phi) is 6.00. The highest BCUT2D eigenvalue weighted by Gasteiger charge is 2.33. The van der Waals surface area contributed by atoms with E-state index in [0.717, 1.165) is 23.5 Å². The molecule has 0 bridgehead atoms. The highest BCUT2D eigenvalue weighted by atomic mass is 32.2. The van der Waals surface area contributed by atoms with E-state index in [1.165, 1.54) is 13.2 Å². The van der Waals surface area contributed by atoms with Crippen molar-refractivity contribution >= 4 is 50.2 Å². The van der Waals surface area contributed by atoms with Crippen molar-refractivity contribution in [1.82, 2.24) is 14.9 Å². The second-order valence-electron chi connectivity index (χ2n) is 7.29. The van der Waals surface area contributed by atoms with Crippen molar-refractivity contribution in [3.8, 4) is 0 Å². The summed E-state index contributed by atoms with van der Waals surface area (Å²) in [7, 11) is 1.47. The number of likely N-dealkylation sites (tertiary alicyclic amines) is 1. The van der Waals surface area contributed by atoms with Crippen LogP contribution in [-0.4, -0.2) is 65.4 Å². The number of methoxy groups -OCH3 is 1. The zero-order valence-electron chi connectivity index (χ0n) is 17.2. The normalized spacial score (nSPS) is 16.7. The average Bonchev–Trinajstić information content (AvgIpc) is 3.33. The van der Waals surface area contributed by atoms with Gasteiger partial charge in [0.2, 0.25) is 0 Å². The standard InChI is InChI=1S/C20H26N4O3S2/c1-13-12-28-18(21-13)16-8-7-9-24(16)19(25)14-10-15(20(26)27-3)22-17(11-14)23(2)29(4,5)6/h10-12,16H,4-5,7-9H2,1-3,6H3. The first-order valence-corrected chi connectivity index (χ1v) is 12.3. The molecule has 2 aromatic heterocycles. The van der Waals surface area contributed by atoms with Crippen LogP contribution in [0.3, 0.4) is 0 Å². The SMILES string of the molecule is C=S(=C)(C)N(C)c1cc(C(=O)N2CCCC2c2nc(C)cs2)cc(C(=O)OC)n1. The molecule has 29 heavy (non-hydrogen) atoms. The van der Waals surface area contributed by atoms with Crippen LogP contribution < -0.4 is 4.31 Å². The Balaban J connectivity index is 2.02. The first-order chi connectivity index (χ1) is 13.6. The number of anilines is 1. The van der Waals surface area contributed by atoms with Gasteiger partial charge in [-0.1, -0.05) is 11.7 Å². The van der Waals surface area contributed by atoms with Crippen molar-refractivity contribution in [2.24, 2.45) is 0 Å². The highest BCUT2D eigenvalue weighted by Crippen LogP contribution is 2.35. The molecule has 1 fully saturated rings. The van der Waals surface area contributed by atoms with E-state index in [4.69, 9.17) is 4.74 Å². The van der Waals surface area contributed by atoms with Gasteiger partial charge in [0.05, 0.1) is 13.2 Å². The molecule has 0 aliphatic carbocycles. The lowest BCUT2D eigenvalue weighted by Crippen LogP contribution is -2.31. The van der Waals surface area contributed by atoms with Crippen molar-refractivity contribution in [2.75, 3.05) is 31.3 Å². The van der Waals surface area contributed by atoms with E-state index >= 15 is 0 Å². The van der Waals surface area contributed by atoms with Gasteiger partial charge in [-0.25, -0.2) is 14.8 Å². The summed E-state index contributed by atoms with van der Waals surface area (Å²) in [5.41, 5.74) is 1.44. The van der Waals surface area contributed by atoms with Gasteiger partial charge >= 0.3 is 5.97 Å². The van der Waals surface area contributed by atoms with Gasteiger partial charge in [-0.3, -0.25) is 4.79 Å². The number of hydrogen-bond donors (Lipinski definition) is 0. The van der Waals surface area contributed by atoms with Crippen molar-refractivity contribution in [3.05, 3.63) is 39.5 Å². The second-order valence-corrected chi connectivity index (χ2v) is 11.2. The molecule has 0 spiro atoms. The number of carbonyl (C=O) groups excluding carboxylic acids is 2. The van der Waals surface area contributed by atoms with Crippen LogP contribution in [0.25, 0.3) is 0 Å². The third-order valence-corrected chi connectivity index (χ3v) is 7.45. The molecule has 0 aromatic carbocycles. The highest BCUT2D eigenvalue weighted by molar-refractivity contribution is 8.28. The fraction of sp³-hybridized carbons (Fsp3) is 0.400. The van der Waals surface area contributed by atoms with E-state index in [-0.39, 0.29) is 17.6 Å². The number of carbonyl (C=O) groups is 2. The summed E-state index contributed by atoms with van der Waals surface area (Å²) in [5.74, 6) is 7.91. The zero-order chi connectivity index (χ0) is 21.3. The summed E-state index contributed by atoms with van der Waals surface area (Å²) >= 11 is 1.57. The van der Waals surface area contributed by atoms with Crippen LogP contribution in [0.4, 0.5) is 5.82 Å². The lowest BCUT2D eigenvalue weighted by atomic mass is 10.1. The number of esters is 1. The Morgan fingerprint density at radius 1 is 1.34 bits per heavy atom. The predicted octanol–water partition coefficient (Wildman–Crippen LogP) is 3.26. The van der Waals surface area contributed by atoms with Gasteiger partial charge in [-0.15, -0.1) is 20.7 Å². The van der Waals surface area contributed by atoms with E-state index in [0.29, 0.717) is 17.9 Å². The number of pyridine rings is 1. The van der Waals surface area contributed by atoms with E-state index in [1.54, 1.807) is 17.4 Å². The molecule has 0 saturated carbocycles. The average molecular weight is 435 g/mol. The lowest BCUT2D eigenvalue weighted by molar-refractivity contribution is 0.0594. The van der Waals surface area contributed by atoms with E-state index < -0.39 is 15.4 Å². The van der Waals surface area contributed by atoms with Crippen LogP contribution in [0, 0.1) is 6.92 Å². The largest absolute Gasteiger partial charge is 0.464 e. The number of aryl methyl sites for hydroxylation is 1. The molecule has 3 heterocycles. The molecular formula is C20H26N4O3S2. The summed E-state index contributed by atoms with van der Waals surface area (Å²) in [6, 6.07) is 3.14. The molecule has 9 heteroatoms. The van der Waals surface area contributed by atoms with Crippen LogP contribution in [0.15, 0.2) is 17.5 Å². The van der Waals surface area contributed by atoms with Gasteiger partial charge in [0, 0.05) is 30.2 Å². The molecule has 156 valence electrons. The van der Waals surface area contributed by atoms with Gasteiger partial charge in [-0.2, -0.15) is 0 Å². The Hall–Kier alpha value is -2.39. The van der Waals surface area contributed by atoms with Crippen LogP contribution in [0.2, 0.25) is 0 Å². The van der Waals surface area contributed by atoms with Gasteiger partial charge < -0.3 is 13.9 Å². The molecule has 1 saturated heterocycles. The van der Waals surface area contributed by atoms with Gasteiger partial charge in [0.1, 0.15) is 10.8 Å². The second kappa shape index (κ2) is 8.16. The molecule has 1 amide bonds. The summed E-state index contributed by atoms with van der Waals surface area (Å²) in [6.07, 6.45) is 3.69. The smallest absolute Gasteiger partial charge is 0.356 e. The van der Waals surface area contributed by atoms with Gasteiger partial charge in [-0.05, 0) is 38.2 Å². The van der Waals surface area contributed by atoms with E-state index in [9.17, 15) is 9.59 Å². The maximum Gasteiger partial charge on any atom is 0.356 e. The van der Waals surface area contributed by atoms with Crippen LogP contribution >= 0.6 is 20.7 Å². The summed E-state index contributed by atoms with van der Waals surface area (Å²) in [5, 5.41) is 2.94. The number of hydrogen-bond acceptors (Lipinski definition) is 7. The maximum atomic E-state index is 13.4. The molecule has 2 aromatic rings. The number of aromatic nitrogens is 2. The monoisotopic (exact) mass is 434 g/mol. The lowest BCUT2D eigenvalue weighted by Gasteiger charge is -2.27. The van der Waals surface area contributed by atoms with Crippen LogP contribution in [0.5, 0.6) is 0 Å². The number of thiazole rings is 1. The molecule has 1 unspecified atom stereocenters. The fourth-order valence-electron chi connectivity index (χ4n) is 3.19. The van der Waals surface area contributed by atoms with Crippen molar-refractivity contribution in [3.63, 3.8) is 0 Å². The zero-order valence-corrected chi connectivity index (χ0v) is 18.8. The first kappa shape index (κ1) is 21.3. The third-order valence-electron chi connectivity index (χ3n) is 4.87. The Bertz CT molecular complexity index is 1050. The van der Waals surface area contributed by atoms with Crippen molar-refractivity contribution < 1.29 is 14.3 Å².